The number of benzene rings is 2. The molecule has 2 aromatic carbocycles. The van der Waals surface area contributed by atoms with Gasteiger partial charge in [-0.15, -0.1) is 0 Å². The highest BCUT2D eigenvalue weighted by Gasteiger charge is 2.12. The predicted octanol–water partition coefficient (Wildman–Crippen LogP) is 4.46. The van der Waals surface area contributed by atoms with E-state index in [2.05, 4.69) is 11.9 Å². The summed E-state index contributed by atoms with van der Waals surface area (Å²) in [5.74, 6) is -0.491. The molecule has 3 rings (SSSR count). The summed E-state index contributed by atoms with van der Waals surface area (Å²) >= 11 is 0. The summed E-state index contributed by atoms with van der Waals surface area (Å²) in [4.78, 5) is 16.3. The lowest BCUT2D eigenvalue weighted by Gasteiger charge is -2.08. The smallest absolute Gasteiger partial charge is 0.254 e. The number of unbranched alkanes of at least 4 members (excludes halogenated alkanes) is 3. The van der Waals surface area contributed by atoms with Crippen molar-refractivity contribution in [1.82, 2.24) is 0 Å². The molecule has 0 spiro atoms. The zero-order valence-corrected chi connectivity index (χ0v) is 16.3. The van der Waals surface area contributed by atoms with Gasteiger partial charge in [0, 0.05) is 11.5 Å². The standard InChI is InChI=1S/C23H23N3O3/c1-2-3-4-5-6-16-11-17-12-19(22(25)28)23(29-21(17)13-20(16)27)26-18-9-7-15(14-24)8-10-18/h7-13,27H,2-6H2,1H3,(H2,25,28). The minimum atomic E-state index is -0.652. The molecule has 1 aromatic heterocycles. The highest BCUT2D eigenvalue weighted by atomic mass is 16.3. The second-order valence-corrected chi connectivity index (χ2v) is 6.93. The van der Waals surface area contributed by atoms with E-state index in [-0.39, 0.29) is 16.9 Å². The van der Waals surface area contributed by atoms with Crippen molar-refractivity contribution < 1.29 is 14.3 Å². The quantitative estimate of drug-likeness (QED) is 0.581. The number of phenols is 1. The van der Waals surface area contributed by atoms with Gasteiger partial charge in [0.1, 0.15) is 16.9 Å². The van der Waals surface area contributed by atoms with Crippen molar-refractivity contribution in [3.8, 4) is 11.8 Å². The molecule has 0 aliphatic heterocycles. The van der Waals surface area contributed by atoms with E-state index in [1.807, 2.05) is 12.1 Å². The average Bonchev–Trinajstić information content (AvgIpc) is 2.71. The molecule has 0 atom stereocenters. The first kappa shape index (κ1) is 20.2. The van der Waals surface area contributed by atoms with Crippen molar-refractivity contribution in [2.75, 3.05) is 0 Å². The van der Waals surface area contributed by atoms with Crippen molar-refractivity contribution in [2.45, 2.75) is 39.0 Å². The average molecular weight is 389 g/mol. The van der Waals surface area contributed by atoms with Crippen LogP contribution in [0.1, 0.15) is 54.1 Å². The molecule has 0 saturated carbocycles. The third-order valence-electron chi connectivity index (χ3n) is 4.74. The van der Waals surface area contributed by atoms with E-state index < -0.39 is 5.91 Å². The number of nitrogens with zero attached hydrogens (tertiary/aromatic N) is 2. The number of carbonyl (C=O) groups is 1. The summed E-state index contributed by atoms with van der Waals surface area (Å²) in [5, 5.41) is 19.9. The van der Waals surface area contributed by atoms with Gasteiger partial charge >= 0.3 is 0 Å². The first-order chi connectivity index (χ1) is 14.0. The van der Waals surface area contributed by atoms with Crippen LogP contribution in [-0.4, -0.2) is 11.0 Å². The van der Waals surface area contributed by atoms with E-state index in [9.17, 15) is 9.90 Å². The number of hydrogen-bond donors (Lipinski definition) is 2. The van der Waals surface area contributed by atoms with E-state index in [1.165, 1.54) is 0 Å². The lowest BCUT2D eigenvalue weighted by Crippen LogP contribution is -2.21. The number of phenolic OH excluding ortho intramolecular Hbond substituents is 1. The fourth-order valence-electron chi connectivity index (χ4n) is 3.14. The zero-order chi connectivity index (χ0) is 20.8. The minimum absolute atomic E-state index is 0.0600. The van der Waals surface area contributed by atoms with Crippen LogP contribution in [0.5, 0.6) is 5.75 Å². The number of hydrogen-bond acceptors (Lipinski definition) is 5. The maximum absolute atomic E-state index is 12.0. The largest absolute Gasteiger partial charge is 0.508 e. The molecule has 0 saturated heterocycles. The van der Waals surface area contributed by atoms with E-state index in [0.29, 0.717) is 22.2 Å². The number of amides is 1. The van der Waals surface area contributed by atoms with Crippen LogP contribution in [0.15, 0.2) is 51.9 Å². The summed E-state index contributed by atoms with van der Waals surface area (Å²) in [6.07, 6.45) is 5.16. The van der Waals surface area contributed by atoms with Gasteiger partial charge in [-0.1, -0.05) is 26.2 Å². The monoisotopic (exact) mass is 389 g/mol. The van der Waals surface area contributed by atoms with E-state index in [1.54, 1.807) is 36.4 Å². The number of rotatable bonds is 7. The fraction of sp³-hybridized carbons (Fsp3) is 0.261. The van der Waals surface area contributed by atoms with E-state index >= 15 is 0 Å². The number of aromatic hydroxyl groups is 1. The molecule has 29 heavy (non-hydrogen) atoms. The molecule has 0 bridgehead atoms. The van der Waals surface area contributed by atoms with E-state index in [4.69, 9.17) is 15.4 Å². The summed E-state index contributed by atoms with van der Waals surface area (Å²) in [7, 11) is 0. The first-order valence-electron chi connectivity index (χ1n) is 9.66. The number of nitriles is 1. The molecule has 148 valence electrons. The summed E-state index contributed by atoms with van der Waals surface area (Å²) in [6.45, 7) is 2.15. The Hall–Kier alpha value is -3.59. The van der Waals surface area contributed by atoms with Crippen LogP contribution >= 0.6 is 0 Å². The maximum atomic E-state index is 12.0. The van der Waals surface area contributed by atoms with Crippen molar-refractivity contribution in [3.63, 3.8) is 0 Å². The zero-order valence-electron chi connectivity index (χ0n) is 16.3. The summed E-state index contributed by atoms with van der Waals surface area (Å²) in [5.41, 5.74) is 8.01. The normalized spacial score (nSPS) is 11.5. The van der Waals surface area contributed by atoms with Gasteiger partial charge in [-0.3, -0.25) is 4.79 Å². The van der Waals surface area contributed by atoms with Crippen molar-refractivity contribution >= 4 is 22.6 Å². The van der Waals surface area contributed by atoms with Crippen LogP contribution < -0.4 is 11.3 Å². The SMILES string of the molecule is CCCCCCc1cc2cc(C(N)=O)c(=Nc3ccc(C#N)cc3)oc2cc1O. The topological polar surface area (TPSA) is 113 Å². The molecular formula is C23H23N3O3. The number of primary amides is 1. The lowest BCUT2D eigenvalue weighted by molar-refractivity contribution is 0.0996. The molecule has 1 heterocycles. The molecule has 6 heteroatoms. The summed E-state index contributed by atoms with van der Waals surface area (Å²) < 4.78 is 5.80. The lowest BCUT2D eigenvalue weighted by atomic mass is 10.0. The van der Waals surface area contributed by atoms with Crippen molar-refractivity contribution in [3.05, 3.63) is 64.7 Å². The molecule has 6 nitrogen and oxygen atoms in total. The van der Waals surface area contributed by atoms with Crippen molar-refractivity contribution in [2.24, 2.45) is 10.7 Å². The van der Waals surface area contributed by atoms with Crippen LogP contribution in [-0.2, 0) is 6.42 Å². The molecule has 0 radical (unpaired) electrons. The Kier molecular flexibility index (Phi) is 6.30. The van der Waals surface area contributed by atoms with Gasteiger partial charge in [-0.2, -0.15) is 5.26 Å². The number of fused-ring (bicyclic) bond motifs is 1. The Labute approximate surface area is 168 Å². The van der Waals surface area contributed by atoms with Crippen LogP contribution in [0, 0.1) is 11.3 Å². The summed E-state index contributed by atoms with van der Waals surface area (Å²) in [6, 6.07) is 13.6. The molecule has 3 N–H and O–H groups in total. The Balaban J connectivity index is 2.04. The van der Waals surface area contributed by atoms with Gasteiger partial charge in [-0.05, 0) is 54.8 Å². The number of carbonyl (C=O) groups excluding carboxylic acids is 1. The van der Waals surface area contributed by atoms with Crippen molar-refractivity contribution in [1.29, 1.82) is 5.26 Å². The molecule has 0 fully saturated rings. The Morgan fingerprint density at radius 3 is 2.59 bits per heavy atom. The van der Waals surface area contributed by atoms with Gasteiger partial charge in [0.15, 0.2) is 0 Å². The minimum Gasteiger partial charge on any atom is -0.508 e. The van der Waals surface area contributed by atoms with Gasteiger partial charge < -0.3 is 15.3 Å². The second-order valence-electron chi connectivity index (χ2n) is 6.93. The molecule has 0 aliphatic carbocycles. The number of aryl methyl sites for hydroxylation is 1. The van der Waals surface area contributed by atoms with Gasteiger partial charge in [-0.25, -0.2) is 4.99 Å². The Bertz CT molecular complexity index is 1140. The van der Waals surface area contributed by atoms with Gasteiger partial charge in [0.05, 0.1) is 17.3 Å². The molecule has 0 unspecified atom stereocenters. The highest BCUT2D eigenvalue weighted by molar-refractivity contribution is 5.95. The third-order valence-corrected chi connectivity index (χ3v) is 4.74. The van der Waals surface area contributed by atoms with Crippen LogP contribution in [0.4, 0.5) is 5.69 Å². The molecule has 1 amide bonds. The Morgan fingerprint density at radius 2 is 1.93 bits per heavy atom. The fourth-order valence-corrected chi connectivity index (χ4v) is 3.14. The molecule has 3 aromatic rings. The van der Waals surface area contributed by atoms with E-state index in [0.717, 1.165) is 37.7 Å². The van der Waals surface area contributed by atoms with Crippen LogP contribution in [0.25, 0.3) is 11.0 Å². The van der Waals surface area contributed by atoms with Crippen LogP contribution in [0.3, 0.4) is 0 Å². The molecular weight excluding hydrogens is 366 g/mol. The Morgan fingerprint density at radius 1 is 1.17 bits per heavy atom. The highest BCUT2D eigenvalue weighted by Crippen LogP contribution is 2.26. The third kappa shape index (κ3) is 4.82. The molecule has 0 aliphatic rings. The maximum Gasteiger partial charge on any atom is 0.254 e. The van der Waals surface area contributed by atoms with Gasteiger partial charge in [0.2, 0.25) is 5.55 Å². The predicted molar refractivity (Wildman–Crippen MR) is 111 cm³/mol. The first-order valence-corrected chi connectivity index (χ1v) is 9.66. The van der Waals surface area contributed by atoms with Crippen LogP contribution in [0.2, 0.25) is 0 Å². The second kappa shape index (κ2) is 9.07. The number of nitrogens with two attached hydrogens (primary N) is 1. The van der Waals surface area contributed by atoms with Gasteiger partial charge in [0.25, 0.3) is 5.91 Å².